The predicted molar refractivity (Wildman–Crippen MR) is 126 cm³/mol. The van der Waals surface area contributed by atoms with Crippen molar-refractivity contribution in [3.8, 4) is 17.1 Å². The van der Waals surface area contributed by atoms with Crippen LogP contribution in [0.2, 0.25) is 0 Å². The minimum Gasteiger partial charge on any atom is -0.325 e. The van der Waals surface area contributed by atoms with Gasteiger partial charge in [-0.3, -0.25) is 24.5 Å². The van der Waals surface area contributed by atoms with E-state index < -0.39 is 10.2 Å². The summed E-state index contributed by atoms with van der Waals surface area (Å²) in [6.07, 6.45) is 3.37. The van der Waals surface area contributed by atoms with Crippen LogP contribution in [0.1, 0.15) is 12.5 Å². The highest BCUT2D eigenvalue weighted by atomic mass is 32.2. The Kier molecular flexibility index (Phi) is 6.45. The number of nitro groups is 1. The maximum absolute atomic E-state index is 12.8. The van der Waals surface area contributed by atoms with Crippen LogP contribution >= 0.6 is 11.8 Å². The number of thioether (sulfide) groups is 1. The second kappa shape index (κ2) is 9.61. The molecule has 0 aliphatic rings. The minimum atomic E-state index is -0.539. The van der Waals surface area contributed by atoms with Gasteiger partial charge in [0.05, 0.1) is 10.2 Å². The van der Waals surface area contributed by atoms with Gasteiger partial charge in [-0.05, 0) is 44.2 Å². The lowest BCUT2D eigenvalue weighted by Gasteiger charge is -2.14. The first-order valence-corrected chi connectivity index (χ1v) is 10.9. The Balaban J connectivity index is 1.61. The van der Waals surface area contributed by atoms with Gasteiger partial charge in [-0.2, -0.15) is 0 Å². The number of hydrogen-bond donors (Lipinski definition) is 1. The van der Waals surface area contributed by atoms with Crippen LogP contribution in [0.4, 0.5) is 11.4 Å². The average molecular weight is 461 g/mol. The zero-order chi connectivity index (χ0) is 23.4. The van der Waals surface area contributed by atoms with Gasteiger partial charge in [0.25, 0.3) is 5.69 Å². The lowest BCUT2D eigenvalue weighted by molar-refractivity contribution is -0.384. The van der Waals surface area contributed by atoms with E-state index in [0.717, 1.165) is 16.8 Å². The summed E-state index contributed by atoms with van der Waals surface area (Å²) in [6, 6.07) is 17.5. The number of pyridine rings is 1. The zero-order valence-electron chi connectivity index (χ0n) is 17.9. The second-order valence-corrected chi connectivity index (χ2v) is 8.58. The van der Waals surface area contributed by atoms with Gasteiger partial charge in [-0.1, -0.05) is 35.5 Å². The number of aryl methyl sites for hydroxylation is 1. The van der Waals surface area contributed by atoms with E-state index in [1.165, 1.54) is 30.0 Å². The Hall–Kier alpha value is -4.05. The molecule has 2 aromatic carbocycles. The molecule has 1 amide bonds. The van der Waals surface area contributed by atoms with Crippen LogP contribution in [0.25, 0.3) is 17.1 Å². The Morgan fingerprint density at radius 3 is 2.52 bits per heavy atom. The molecule has 0 aliphatic carbocycles. The normalized spacial score (nSPS) is 11.7. The Morgan fingerprint density at radius 2 is 1.82 bits per heavy atom. The maximum atomic E-state index is 12.8. The minimum absolute atomic E-state index is 0.0887. The molecule has 0 radical (unpaired) electrons. The van der Waals surface area contributed by atoms with Crippen LogP contribution < -0.4 is 5.32 Å². The number of nitro benzene ring substituents is 1. The van der Waals surface area contributed by atoms with Crippen molar-refractivity contribution in [2.24, 2.45) is 0 Å². The van der Waals surface area contributed by atoms with Gasteiger partial charge in [0.2, 0.25) is 5.91 Å². The fraction of sp³-hybridized carbons (Fsp3) is 0.130. The van der Waals surface area contributed by atoms with Crippen molar-refractivity contribution < 1.29 is 9.72 Å². The molecule has 33 heavy (non-hydrogen) atoms. The van der Waals surface area contributed by atoms with E-state index in [2.05, 4.69) is 20.5 Å². The fourth-order valence-corrected chi connectivity index (χ4v) is 3.98. The summed E-state index contributed by atoms with van der Waals surface area (Å²) in [7, 11) is 0. The summed E-state index contributed by atoms with van der Waals surface area (Å²) < 4.78 is 1.90. The summed E-state index contributed by atoms with van der Waals surface area (Å²) >= 11 is 1.25. The van der Waals surface area contributed by atoms with E-state index in [0.29, 0.717) is 16.7 Å². The van der Waals surface area contributed by atoms with Gasteiger partial charge in [0.15, 0.2) is 11.0 Å². The van der Waals surface area contributed by atoms with Crippen molar-refractivity contribution >= 4 is 29.0 Å². The third-order valence-electron chi connectivity index (χ3n) is 4.84. The molecule has 10 heteroatoms. The molecule has 0 fully saturated rings. The highest BCUT2D eigenvalue weighted by molar-refractivity contribution is 8.00. The van der Waals surface area contributed by atoms with E-state index >= 15 is 0 Å². The number of amides is 1. The number of carbonyl (C=O) groups excluding carboxylic acids is 1. The third kappa shape index (κ3) is 5.07. The van der Waals surface area contributed by atoms with Gasteiger partial charge in [0.1, 0.15) is 0 Å². The molecule has 0 spiro atoms. The van der Waals surface area contributed by atoms with E-state index in [4.69, 9.17) is 0 Å². The molecule has 0 bridgehead atoms. The number of hydrogen-bond acceptors (Lipinski definition) is 7. The quantitative estimate of drug-likeness (QED) is 0.242. The van der Waals surface area contributed by atoms with Crippen LogP contribution in [0.5, 0.6) is 0 Å². The number of aromatic nitrogens is 4. The first-order chi connectivity index (χ1) is 15.9. The Labute approximate surface area is 194 Å². The van der Waals surface area contributed by atoms with Gasteiger partial charge in [0, 0.05) is 41.5 Å². The monoisotopic (exact) mass is 460 g/mol. The van der Waals surface area contributed by atoms with Crippen LogP contribution in [0.3, 0.4) is 0 Å². The van der Waals surface area contributed by atoms with Crippen molar-refractivity contribution in [1.82, 2.24) is 19.7 Å². The molecule has 0 saturated carbocycles. The summed E-state index contributed by atoms with van der Waals surface area (Å²) in [4.78, 5) is 27.4. The number of rotatable bonds is 7. The number of anilines is 1. The molecule has 1 N–H and O–H groups in total. The molecule has 0 saturated heterocycles. The van der Waals surface area contributed by atoms with Gasteiger partial charge < -0.3 is 5.32 Å². The van der Waals surface area contributed by atoms with Gasteiger partial charge in [-0.15, -0.1) is 10.2 Å². The molecule has 0 aliphatic heterocycles. The van der Waals surface area contributed by atoms with Gasteiger partial charge >= 0.3 is 0 Å². The van der Waals surface area contributed by atoms with Crippen molar-refractivity contribution in [3.63, 3.8) is 0 Å². The lowest BCUT2D eigenvalue weighted by Crippen LogP contribution is -2.23. The smallest absolute Gasteiger partial charge is 0.271 e. The van der Waals surface area contributed by atoms with E-state index in [1.807, 2.05) is 47.9 Å². The standard InChI is InChI=1S/C23H20N6O3S/c1-15-6-8-19(9-7-15)28-21(17-10-12-24-13-11-17)26-27-23(28)33-16(2)22(30)25-18-4-3-5-20(14-18)29(31)32/h3-14,16H,1-2H3,(H,25,30). The number of nitrogens with one attached hydrogen (secondary N) is 1. The van der Waals surface area contributed by atoms with Crippen molar-refractivity contribution in [1.29, 1.82) is 0 Å². The molecule has 166 valence electrons. The van der Waals surface area contributed by atoms with Crippen molar-refractivity contribution in [2.75, 3.05) is 5.32 Å². The molecule has 2 heterocycles. The number of non-ortho nitro benzene ring substituents is 1. The second-order valence-electron chi connectivity index (χ2n) is 7.27. The topological polar surface area (TPSA) is 116 Å². The predicted octanol–water partition coefficient (Wildman–Crippen LogP) is 4.67. The molecule has 9 nitrogen and oxygen atoms in total. The summed E-state index contributed by atoms with van der Waals surface area (Å²) in [6.45, 7) is 3.76. The van der Waals surface area contributed by atoms with Crippen LogP contribution in [-0.2, 0) is 4.79 Å². The maximum Gasteiger partial charge on any atom is 0.271 e. The zero-order valence-corrected chi connectivity index (χ0v) is 18.7. The van der Waals surface area contributed by atoms with E-state index in [9.17, 15) is 14.9 Å². The number of carbonyl (C=O) groups is 1. The largest absolute Gasteiger partial charge is 0.325 e. The molecular weight excluding hydrogens is 440 g/mol. The van der Waals surface area contributed by atoms with Crippen LogP contribution in [-0.4, -0.2) is 35.8 Å². The summed E-state index contributed by atoms with van der Waals surface area (Å²) in [5.74, 6) is 0.333. The van der Waals surface area contributed by atoms with Crippen molar-refractivity contribution in [2.45, 2.75) is 24.3 Å². The SMILES string of the molecule is Cc1ccc(-n2c(SC(C)C(=O)Nc3cccc([N+](=O)[O-])c3)nnc2-c2ccncc2)cc1. The molecule has 1 atom stereocenters. The molecule has 4 aromatic rings. The number of nitrogens with zero attached hydrogens (tertiary/aromatic N) is 5. The van der Waals surface area contributed by atoms with E-state index in [1.54, 1.807) is 25.4 Å². The highest BCUT2D eigenvalue weighted by Crippen LogP contribution is 2.30. The first kappa shape index (κ1) is 22.2. The highest BCUT2D eigenvalue weighted by Gasteiger charge is 2.22. The Bertz CT molecular complexity index is 1290. The average Bonchev–Trinajstić information content (AvgIpc) is 3.23. The first-order valence-electron chi connectivity index (χ1n) is 10.1. The molecule has 4 rings (SSSR count). The summed E-state index contributed by atoms with van der Waals surface area (Å²) in [5.41, 5.74) is 3.11. The fourth-order valence-electron chi connectivity index (χ4n) is 3.11. The molecule has 2 aromatic heterocycles. The van der Waals surface area contributed by atoms with Crippen LogP contribution in [0.15, 0.2) is 78.2 Å². The van der Waals surface area contributed by atoms with Gasteiger partial charge in [-0.25, -0.2) is 0 Å². The van der Waals surface area contributed by atoms with Crippen molar-refractivity contribution in [3.05, 3.63) is 88.7 Å². The van der Waals surface area contributed by atoms with E-state index in [-0.39, 0.29) is 11.6 Å². The number of benzene rings is 2. The lowest BCUT2D eigenvalue weighted by atomic mass is 10.2. The Morgan fingerprint density at radius 1 is 1.09 bits per heavy atom. The van der Waals surface area contributed by atoms with Crippen LogP contribution in [0, 0.1) is 17.0 Å². The third-order valence-corrected chi connectivity index (χ3v) is 5.88. The molecular formula is C23H20N6O3S. The summed E-state index contributed by atoms with van der Waals surface area (Å²) in [5, 5.41) is 22.4. The molecule has 1 unspecified atom stereocenters.